The molecule has 1 fully saturated rings. The van der Waals surface area contributed by atoms with Gasteiger partial charge >= 0.3 is 5.97 Å². The highest BCUT2D eigenvalue weighted by Crippen LogP contribution is 2.30. The molecule has 1 aliphatic heterocycles. The third kappa shape index (κ3) is 2.81. The van der Waals surface area contributed by atoms with Gasteiger partial charge in [-0.2, -0.15) is 0 Å². The van der Waals surface area contributed by atoms with E-state index in [0.29, 0.717) is 10.6 Å². The van der Waals surface area contributed by atoms with Gasteiger partial charge in [-0.15, -0.1) is 0 Å². The van der Waals surface area contributed by atoms with Gasteiger partial charge in [-0.3, -0.25) is 0 Å². The Morgan fingerprint density at radius 1 is 1.56 bits per heavy atom. The number of hydrogen-bond donors (Lipinski definition) is 1. The first-order valence-electron chi connectivity index (χ1n) is 6.08. The lowest BCUT2D eigenvalue weighted by atomic mass is 10.00. The van der Waals surface area contributed by atoms with Gasteiger partial charge in [-0.1, -0.05) is 18.3 Å². The zero-order chi connectivity index (χ0) is 13.1. The molecule has 18 heavy (non-hydrogen) atoms. The summed E-state index contributed by atoms with van der Waals surface area (Å²) in [6.07, 6.45) is 2.28. The van der Waals surface area contributed by atoms with Gasteiger partial charge in [0.15, 0.2) is 5.13 Å². The van der Waals surface area contributed by atoms with Crippen molar-refractivity contribution in [1.82, 2.24) is 4.98 Å². The molecule has 0 spiro atoms. The molecule has 0 unspecified atom stereocenters. The lowest BCUT2D eigenvalue weighted by Gasteiger charge is -2.29. The number of carboxylic acids is 1. The van der Waals surface area contributed by atoms with Crippen molar-refractivity contribution in [2.75, 3.05) is 25.1 Å². The summed E-state index contributed by atoms with van der Waals surface area (Å²) in [7, 11) is 1.55. The Kier molecular flexibility index (Phi) is 4.19. The smallest absolute Gasteiger partial charge is 0.347 e. The third-order valence-electron chi connectivity index (χ3n) is 3.22. The molecule has 0 aromatic carbocycles. The van der Waals surface area contributed by atoms with E-state index in [0.717, 1.165) is 37.0 Å². The fourth-order valence-electron chi connectivity index (χ4n) is 2.08. The van der Waals surface area contributed by atoms with Crippen molar-refractivity contribution < 1.29 is 14.6 Å². The van der Waals surface area contributed by atoms with Gasteiger partial charge in [0.05, 0.1) is 12.3 Å². The van der Waals surface area contributed by atoms with Crippen LogP contribution < -0.4 is 4.90 Å². The standard InChI is InChI=1S/C12H18N2O3S/c1-8-3-5-14(6-4-8)12-13-9(7-17-2)10(18-12)11(15)16/h8H,3-7H2,1-2H3,(H,15,16). The molecule has 0 bridgehead atoms. The van der Waals surface area contributed by atoms with Gasteiger partial charge in [0.25, 0.3) is 0 Å². The summed E-state index contributed by atoms with van der Waals surface area (Å²) in [5.74, 6) is -0.172. The van der Waals surface area contributed by atoms with Crippen molar-refractivity contribution in [2.45, 2.75) is 26.4 Å². The van der Waals surface area contributed by atoms with Crippen molar-refractivity contribution in [3.8, 4) is 0 Å². The quantitative estimate of drug-likeness (QED) is 0.909. The predicted octanol–water partition coefficient (Wildman–Crippen LogP) is 2.22. The Hall–Kier alpha value is -1.14. The van der Waals surface area contributed by atoms with Crippen LogP contribution in [0.3, 0.4) is 0 Å². The second-order valence-electron chi connectivity index (χ2n) is 4.68. The Bertz CT molecular complexity index is 425. The maximum Gasteiger partial charge on any atom is 0.347 e. The molecule has 1 saturated heterocycles. The SMILES string of the molecule is COCc1nc(N2CCC(C)CC2)sc1C(=O)O. The Labute approximate surface area is 110 Å². The summed E-state index contributed by atoms with van der Waals surface area (Å²) in [5, 5.41) is 9.95. The highest BCUT2D eigenvalue weighted by molar-refractivity contribution is 7.17. The van der Waals surface area contributed by atoms with Crippen molar-refractivity contribution in [2.24, 2.45) is 5.92 Å². The molecule has 1 aromatic heterocycles. The molecule has 1 N–H and O–H groups in total. The zero-order valence-electron chi connectivity index (χ0n) is 10.7. The lowest BCUT2D eigenvalue weighted by Crippen LogP contribution is -2.32. The minimum Gasteiger partial charge on any atom is -0.477 e. The second kappa shape index (κ2) is 5.67. The van der Waals surface area contributed by atoms with Crippen molar-refractivity contribution in [3.63, 3.8) is 0 Å². The van der Waals surface area contributed by atoms with Gasteiger partial charge in [-0.05, 0) is 18.8 Å². The van der Waals surface area contributed by atoms with Crippen LogP contribution in [0.5, 0.6) is 0 Å². The normalized spacial score (nSPS) is 17.1. The van der Waals surface area contributed by atoms with Crippen LogP contribution in [0, 0.1) is 5.92 Å². The number of aromatic carboxylic acids is 1. The predicted molar refractivity (Wildman–Crippen MR) is 70.4 cm³/mol. The average Bonchev–Trinajstić information content (AvgIpc) is 2.75. The molecule has 6 heteroatoms. The summed E-state index contributed by atoms with van der Waals surface area (Å²) in [6.45, 7) is 4.42. The summed E-state index contributed by atoms with van der Waals surface area (Å²) in [5.41, 5.74) is 0.531. The lowest BCUT2D eigenvalue weighted by molar-refractivity contribution is 0.0697. The molecule has 0 saturated carbocycles. The van der Waals surface area contributed by atoms with Crippen LogP contribution >= 0.6 is 11.3 Å². The average molecular weight is 270 g/mol. The number of anilines is 1. The number of aromatic nitrogens is 1. The first-order valence-corrected chi connectivity index (χ1v) is 6.90. The van der Waals surface area contributed by atoms with Crippen LogP contribution in [0.4, 0.5) is 5.13 Å². The maximum atomic E-state index is 11.1. The zero-order valence-corrected chi connectivity index (χ0v) is 11.5. The number of rotatable bonds is 4. The first-order chi connectivity index (χ1) is 8.61. The number of ether oxygens (including phenoxy) is 1. The topological polar surface area (TPSA) is 62.7 Å². The molecule has 1 aliphatic rings. The monoisotopic (exact) mass is 270 g/mol. The Morgan fingerprint density at radius 2 is 2.22 bits per heavy atom. The first kappa shape index (κ1) is 13.3. The molecule has 2 rings (SSSR count). The van der Waals surface area contributed by atoms with E-state index in [-0.39, 0.29) is 6.61 Å². The molecule has 5 nitrogen and oxygen atoms in total. The highest BCUT2D eigenvalue weighted by Gasteiger charge is 2.23. The van der Waals surface area contributed by atoms with E-state index < -0.39 is 5.97 Å². The number of piperidine rings is 1. The summed E-state index contributed by atoms with van der Waals surface area (Å²) in [4.78, 5) is 18.0. The number of methoxy groups -OCH3 is 1. The van der Waals surface area contributed by atoms with E-state index in [1.54, 1.807) is 7.11 Å². The van der Waals surface area contributed by atoms with Crippen LogP contribution in [-0.2, 0) is 11.3 Å². The number of thiazole rings is 1. The number of carboxylic acid groups (broad SMARTS) is 1. The van der Waals surface area contributed by atoms with E-state index in [9.17, 15) is 4.79 Å². The minimum absolute atomic E-state index is 0.252. The molecular formula is C12H18N2O3S. The molecule has 0 aliphatic carbocycles. The largest absolute Gasteiger partial charge is 0.477 e. The fourth-order valence-corrected chi connectivity index (χ4v) is 3.04. The van der Waals surface area contributed by atoms with Crippen LogP contribution in [-0.4, -0.2) is 36.3 Å². The van der Waals surface area contributed by atoms with Crippen molar-refractivity contribution in [3.05, 3.63) is 10.6 Å². The van der Waals surface area contributed by atoms with Crippen LogP contribution in [0.1, 0.15) is 35.1 Å². The molecule has 100 valence electrons. The Morgan fingerprint density at radius 3 is 2.78 bits per heavy atom. The van der Waals surface area contributed by atoms with E-state index in [1.165, 1.54) is 11.3 Å². The van der Waals surface area contributed by atoms with Gasteiger partial charge in [0.1, 0.15) is 4.88 Å². The fraction of sp³-hybridized carbons (Fsp3) is 0.667. The van der Waals surface area contributed by atoms with Gasteiger partial charge in [0, 0.05) is 20.2 Å². The Balaban J connectivity index is 2.18. The molecule has 0 radical (unpaired) electrons. The van der Waals surface area contributed by atoms with Crippen LogP contribution in [0.2, 0.25) is 0 Å². The maximum absolute atomic E-state index is 11.1. The van der Waals surface area contributed by atoms with Gasteiger partial charge in [0.2, 0.25) is 0 Å². The molecule has 0 atom stereocenters. The van der Waals surface area contributed by atoms with E-state index in [1.807, 2.05) is 0 Å². The number of nitrogens with zero attached hydrogens (tertiary/aromatic N) is 2. The molecule has 2 heterocycles. The molecular weight excluding hydrogens is 252 g/mol. The highest BCUT2D eigenvalue weighted by atomic mass is 32.1. The van der Waals surface area contributed by atoms with Gasteiger partial charge in [-0.25, -0.2) is 9.78 Å². The summed E-state index contributed by atoms with van der Waals surface area (Å²) >= 11 is 1.25. The van der Waals surface area contributed by atoms with E-state index in [4.69, 9.17) is 9.84 Å². The summed E-state index contributed by atoms with van der Waals surface area (Å²) in [6, 6.07) is 0. The summed E-state index contributed by atoms with van der Waals surface area (Å²) < 4.78 is 5.00. The van der Waals surface area contributed by atoms with Crippen molar-refractivity contribution in [1.29, 1.82) is 0 Å². The minimum atomic E-state index is -0.920. The van der Waals surface area contributed by atoms with E-state index >= 15 is 0 Å². The number of carbonyl (C=O) groups is 1. The second-order valence-corrected chi connectivity index (χ2v) is 5.66. The van der Waals surface area contributed by atoms with Crippen LogP contribution in [0.15, 0.2) is 0 Å². The third-order valence-corrected chi connectivity index (χ3v) is 4.36. The van der Waals surface area contributed by atoms with Gasteiger partial charge < -0.3 is 14.7 Å². The van der Waals surface area contributed by atoms with Crippen molar-refractivity contribution >= 4 is 22.4 Å². The molecule has 0 amide bonds. The number of hydrogen-bond acceptors (Lipinski definition) is 5. The van der Waals surface area contributed by atoms with Crippen LogP contribution in [0.25, 0.3) is 0 Å². The molecule has 1 aromatic rings. The van der Waals surface area contributed by atoms with E-state index in [2.05, 4.69) is 16.8 Å².